The molecule has 56 heavy (non-hydrogen) atoms. The number of allylic oxidation sites excluding steroid dienone is 11. The van der Waals surface area contributed by atoms with E-state index >= 15 is 0 Å². The Kier molecular flexibility index (Phi) is 40.0. The van der Waals surface area contributed by atoms with E-state index in [0.29, 0.717) is 0 Å². The molecule has 0 aromatic carbocycles. The SMILES string of the molecule is CCC(C)CCCC(C)CCCC(C)CCCC(C)C.CCCCCCCCCC=CC=CC=CC=CC=CC=CC(=O)C(CN)OP(=O)(O)OCC(O)CO. The van der Waals surface area contributed by atoms with Gasteiger partial charge in [0.15, 0.2) is 5.78 Å². The number of hydrogen-bond donors (Lipinski definition) is 4. The fraction of sp³-hybridized carbons (Fsp3) is 0.723. The minimum atomic E-state index is -4.62. The van der Waals surface area contributed by atoms with Gasteiger partial charge in [-0.15, -0.1) is 0 Å². The fourth-order valence-electron chi connectivity index (χ4n) is 5.80. The van der Waals surface area contributed by atoms with Crippen LogP contribution in [-0.4, -0.2) is 52.9 Å². The number of rotatable bonds is 35. The van der Waals surface area contributed by atoms with Crippen molar-refractivity contribution in [2.24, 2.45) is 29.4 Å². The zero-order valence-electron chi connectivity index (χ0n) is 36.7. The predicted octanol–water partition coefficient (Wildman–Crippen LogP) is 12.3. The molecule has 0 saturated carbocycles. The second-order valence-electron chi connectivity index (χ2n) is 16.0. The van der Waals surface area contributed by atoms with Gasteiger partial charge in [0.1, 0.15) is 12.2 Å². The second-order valence-corrected chi connectivity index (χ2v) is 17.4. The zero-order chi connectivity index (χ0) is 42.3. The van der Waals surface area contributed by atoms with Crippen LogP contribution >= 0.6 is 7.82 Å². The van der Waals surface area contributed by atoms with Gasteiger partial charge in [0.25, 0.3) is 0 Å². The summed E-state index contributed by atoms with van der Waals surface area (Å²) in [6.07, 6.45) is 43.5. The molecular formula is C47H86NO7P. The number of hydrogen-bond acceptors (Lipinski definition) is 7. The minimum absolute atomic E-state index is 0.337. The number of phosphoric ester groups is 1. The number of unbranched alkanes of at least 4 members (excludes halogenated alkanes) is 7. The average Bonchev–Trinajstić information content (AvgIpc) is 3.16. The smallest absolute Gasteiger partial charge is 0.394 e. The van der Waals surface area contributed by atoms with Gasteiger partial charge >= 0.3 is 7.82 Å². The molecule has 0 aliphatic heterocycles. The van der Waals surface area contributed by atoms with Gasteiger partial charge in [0, 0.05) is 6.54 Å². The van der Waals surface area contributed by atoms with Crippen molar-refractivity contribution < 1.29 is 33.5 Å². The van der Waals surface area contributed by atoms with E-state index in [2.05, 4.69) is 65.1 Å². The second kappa shape index (κ2) is 39.9. The molecule has 0 spiro atoms. The molecule has 0 aliphatic rings. The van der Waals surface area contributed by atoms with Gasteiger partial charge in [-0.05, 0) is 42.6 Å². The van der Waals surface area contributed by atoms with Crippen LogP contribution in [-0.2, 0) is 18.4 Å². The first-order valence-electron chi connectivity index (χ1n) is 22.0. The van der Waals surface area contributed by atoms with Gasteiger partial charge in [-0.1, -0.05) is 218 Å². The van der Waals surface area contributed by atoms with Crippen LogP contribution in [0.1, 0.15) is 164 Å². The Labute approximate surface area is 344 Å². The summed E-state index contributed by atoms with van der Waals surface area (Å²) in [6, 6.07) is 0. The maximum absolute atomic E-state index is 12.1. The number of aliphatic hydroxyl groups excluding tert-OH is 2. The molecule has 6 atom stereocenters. The largest absolute Gasteiger partial charge is 0.473 e. The highest BCUT2D eigenvalue weighted by atomic mass is 31.2. The molecule has 0 rings (SSSR count). The first-order chi connectivity index (χ1) is 26.8. The maximum atomic E-state index is 12.1. The molecular weight excluding hydrogens is 721 g/mol. The molecule has 8 nitrogen and oxygen atoms in total. The number of aliphatic hydroxyl groups is 2. The minimum Gasteiger partial charge on any atom is -0.394 e. The van der Waals surface area contributed by atoms with Crippen LogP contribution in [0.15, 0.2) is 72.9 Å². The van der Waals surface area contributed by atoms with Crippen LogP contribution in [0.3, 0.4) is 0 Å². The van der Waals surface area contributed by atoms with Gasteiger partial charge < -0.3 is 20.8 Å². The third-order valence-corrected chi connectivity index (χ3v) is 10.8. The van der Waals surface area contributed by atoms with Crippen LogP contribution in [0.4, 0.5) is 0 Å². The predicted molar refractivity (Wildman–Crippen MR) is 239 cm³/mol. The normalized spacial score (nSPS) is 16.4. The summed E-state index contributed by atoms with van der Waals surface area (Å²) >= 11 is 0. The maximum Gasteiger partial charge on any atom is 0.473 e. The summed E-state index contributed by atoms with van der Waals surface area (Å²) in [6.45, 7) is 14.9. The molecule has 0 heterocycles. The Balaban J connectivity index is 0. The van der Waals surface area contributed by atoms with E-state index in [1.54, 1.807) is 18.2 Å². The highest BCUT2D eigenvalue weighted by molar-refractivity contribution is 7.47. The van der Waals surface area contributed by atoms with E-state index in [1.807, 2.05) is 30.4 Å². The lowest BCUT2D eigenvalue weighted by Crippen LogP contribution is -2.31. The van der Waals surface area contributed by atoms with E-state index in [9.17, 15) is 14.3 Å². The molecule has 0 fully saturated rings. The van der Waals surface area contributed by atoms with E-state index < -0.39 is 39.0 Å². The highest BCUT2D eigenvalue weighted by Gasteiger charge is 2.30. The lowest BCUT2D eigenvalue weighted by molar-refractivity contribution is -0.121. The number of carbonyl (C=O) groups is 1. The Morgan fingerprint density at radius 1 is 0.661 bits per heavy atom. The summed E-state index contributed by atoms with van der Waals surface area (Å²) in [7, 11) is -4.62. The Hall–Kier alpha value is -1.90. The summed E-state index contributed by atoms with van der Waals surface area (Å²) in [5.74, 6) is 3.09. The number of nitrogens with two attached hydrogens (primary N) is 1. The van der Waals surface area contributed by atoms with Crippen LogP contribution in [0, 0.1) is 23.7 Å². The molecule has 0 amide bonds. The monoisotopic (exact) mass is 808 g/mol. The summed E-state index contributed by atoms with van der Waals surface area (Å²) in [5.41, 5.74) is 5.43. The standard InChI is InChI=1S/C27H44NO7P.C20H42/c1-2-3-4-5-6-7-8-9-10-11-12-13-14-15-16-17-18-19-20-21-26(31)27(22-28)35-36(32,33)34-24-25(30)23-29;1-7-18(4)12-9-14-20(6)16-10-15-19(5)13-8-11-17(2)3/h10-21,25,27,29-30H,2-9,22-24,28H2,1H3,(H,32,33);17-20H,7-16H2,1-6H3. The third kappa shape index (κ3) is 40.3. The fourth-order valence-corrected chi connectivity index (χ4v) is 6.73. The number of phosphoric acid groups is 1. The summed E-state index contributed by atoms with van der Waals surface area (Å²) in [5, 5.41) is 17.8. The van der Waals surface area contributed by atoms with Crippen LogP contribution < -0.4 is 5.73 Å². The van der Waals surface area contributed by atoms with Gasteiger partial charge in [0.2, 0.25) is 0 Å². The Morgan fingerprint density at radius 3 is 1.61 bits per heavy atom. The Bertz CT molecular complexity index is 1130. The lowest BCUT2D eigenvalue weighted by atomic mass is 9.91. The Morgan fingerprint density at radius 2 is 1.12 bits per heavy atom. The van der Waals surface area contributed by atoms with Gasteiger partial charge in [-0.3, -0.25) is 13.8 Å². The van der Waals surface area contributed by atoms with Gasteiger partial charge in [-0.2, -0.15) is 0 Å². The van der Waals surface area contributed by atoms with Crippen LogP contribution in [0.2, 0.25) is 0 Å². The van der Waals surface area contributed by atoms with Crippen molar-refractivity contribution in [1.82, 2.24) is 0 Å². The van der Waals surface area contributed by atoms with Crippen molar-refractivity contribution >= 4 is 13.6 Å². The van der Waals surface area contributed by atoms with Gasteiger partial charge in [-0.25, -0.2) is 4.57 Å². The van der Waals surface area contributed by atoms with Crippen LogP contribution in [0.25, 0.3) is 0 Å². The van der Waals surface area contributed by atoms with Gasteiger partial charge in [0.05, 0.1) is 13.2 Å². The number of ketones is 1. The topological polar surface area (TPSA) is 139 Å². The van der Waals surface area contributed by atoms with E-state index in [0.717, 1.165) is 30.1 Å². The molecule has 0 bridgehead atoms. The average molecular weight is 808 g/mol. The molecule has 5 N–H and O–H groups in total. The number of carbonyl (C=O) groups excluding carboxylic acids is 1. The van der Waals surface area contributed by atoms with Crippen molar-refractivity contribution in [3.8, 4) is 0 Å². The third-order valence-electron chi connectivity index (χ3n) is 9.77. The van der Waals surface area contributed by atoms with E-state index in [-0.39, 0.29) is 6.54 Å². The molecule has 0 aliphatic carbocycles. The molecule has 0 radical (unpaired) electrons. The van der Waals surface area contributed by atoms with E-state index in [1.165, 1.54) is 121 Å². The first-order valence-corrected chi connectivity index (χ1v) is 23.5. The molecule has 326 valence electrons. The molecule has 0 aromatic rings. The van der Waals surface area contributed by atoms with Crippen molar-refractivity contribution in [3.63, 3.8) is 0 Å². The quantitative estimate of drug-likeness (QED) is 0.0215. The van der Waals surface area contributed by atoms with Crippen molar-refractivity contribution in [2.45, 2.75) is 176 Å². The molecule has 6 unspecified atom stereocenters. The van der Waals surface area contributed by atoms with Crippen molar-refractivity contribution in [3.05, 3.63) is 72.9 Å². The van der Waals surface area contributed by atoms with Crippen LogP contribution in [0.5, 0.6) is 0 Å². The van der Waals surface area contributed by atoms with E-state index in [4.69, 9.17) is 20.5 Å². The highest BCUT2D eigenvalue weighted by Crippen LogP contribution is 2.44. The summed E-state index contributed by atoms with van der Waals surface area (Å²) in [4.78, 5) is 21.7. The molecule has 9 heteroatoms. The van der Waals surface area contributed by atoms with Crippen molar-refractivity contribution in [1.29, 1.82) is 0 Å². The zero-order valence-corrected chi connectivity index (χ0v) is 37.6. The lowest BCUT2D eigenvalue weighted by Gasteiger charge is -2.18. The first kappa shape index (κ1) is 56.2. The molecule has 0 saturated heterocycles. The molecule has 0 aromatic heterocycles. The summed E-state index contributed by atoms with van der Waals surface area (Å²) < 4.78 is 21.1. The van der Waals surface area contributed by atoms with Crippen molar-refractivity contribution in [2.75, 3.05) is 19.8 Å².